The van der Waals surface area contributed by atoms with Gasteiger partial charge in [-0.25, -0.2) is 0 Å². The van der Waals surface area contributed by atoms with Gasteiger partial charge in [-0.3, -0.25) is 19.2 Å². The topological polar surface area (TPSA) is 161 Å². The summed E-state index contributed by atoms with van der Waals surface area (Å²) in [6, 6.07) is 0. The lowest BCUT2D eigenvalue weighted by Gasteiger charge is -2.53. The Bertz CT molecular complexity index is 587. The summed E-state index contributed by atoms with van der Waals surface area (Å²) in [6.07, 6.45) is -0.220. The Hall–Kier alpha value is -2.16. The number of carbonyl (C=O) groups is 4. The highest BCUT2D eigenvalue weighted by Gasteiger charge is 2.74. The maximum Gasteiger partial charge on any atom is 0.333 e. The Morgan fingerprint density at radius 3 is 1.42 bits per heavy atom. The first-order valence-electron chi connectivity index (χ1n) is 8.33. The molecule has 1 unspecified atom stereocenters. The van der Waals surface area contributed by atoms with E-state index in [-0.39, 0.29) is 12.8 Å². The molecular formula is C17H27NO8. The molecule has 0 aromatic carbocycles. The number of piperidine rings is 1. The Labute approximate surface area is 151 Å². The summed E-state index contributed by atoms with van der Waals surface area (Å²) in [6.45, 7) is 8.46. The average Bonchev–Trinajstić information content (AvgIpc) is 2.38. The maximum atomic E-state index is 12.3. The van der Waals surface area contributed by atoms with E-state index in [2.05, 4.69) is 5.32 Å². The lowest BCUT2D eigenvalue weighted by molar-refractivity contribution is -0.204. The molecule has 0 amide bonds. The lowest BCUT2D eigenvalue weighted by Crippen LogP contribution is -2.68. The van der Waals surface area contributed by atoms with Gasteiger partial charge >= 0.3 is 23.9 Å². The fourth-order valence-electron chi connectivity index (χ4n) is 4.86. The zero-order chi connectivity index (χ0) is 20.7. The molecule has 148 valence electrons. The van der Waals surface area contributed by atoms with Gasteiger partial charge in [0.15, 0.2) is 0 Å². The molecule has 1 fully saturated rings. The van der Waals surface area contributed by atoms with Crippen LogP contribution >= 0.6 is 0 Å². The molecule has 0 spiro atoms. The summed E-state index contributed by atoms with van der Waals surface area (Å²) in [5.41, 5.74) is -7.29. The molecule has 0 aromatic rings. The van der Waals surface area contributed by atoms with Gasteiger partial charge in [0.2, 0.25) is 0 Å². The fraction of sp³-hybridized carbons (Fsp3) is 0.765. The zero-order valence-corrected chi connectivity index (χ0v) is 15.6. The summed E-state index contributed by atoms with van der Waals surface area (Å²) in [5.74, 6) is -9.27. The molecule has 1 rings (SSSR count). The van der Waals surface area contributed by atoms with Gasteiger partial charge in [-0.1, -0.05) is 6.92 Å². The van der Waals surface area contributed by atoms with Gasteiger partial charge < -0.3 is 25.7 Å². The van der Waals surface area contributed by atoms with Gasteiger partial charge in [0.1, 0.15) is 5.41 Å². The second-order valence-electron chi connectivity index (χ2n) is 8.29. The van der Waals surface area contributed by atoms with Crippen molar-refractivity contribution in [2.45, 2.75) is 65.0 Å². The molecule has 0 bridgehead atoms. The summed E-state index contributed by atoms with van der Waals surface area (Å²) < 4.78 is 0. The van der Waals surface area contributed by atoms with Crippen LogP contribution in [-0.4, -0.2) is 55.4 Å². The highest BCUT2D eigenvalue weighted by molar-refractivity contribution is 6.20. The maximum absolute atomic E-state index is 12.3. The van der Waals surface area contributed by atoms with Gasteiger partial charge in [0.25, 0.3) is 5.41 Å². The molecule has 26 heavy (non-hydrogen) atoms. The first-order chi connectivity index (χ1) is 11.6. The monoisotopic (exact) mass is 373 g/mol. The summed E-state index contributed by atoms with van der Waals surface area (Å²) in [7, 11) is 0. The molecule has 0 aliphatic carbocycles. The molecule has 0 radical (unpaired) electrons. The van der Waals surface area contributed by atoms with E-state index >= 15 is 0 Å². The molecule has 1 atom stereocenters. The molecule has 0 saturated carbocycles. The number of rotatable bonds is 7. The highest BCUT2D eigenvalue weighted by Crippen LogP contribution is 2.55. The van der Waals surface area contributed by atoms with Crippen LogP contribution in [0.5, 0.6) is 0 Å². The van der Waals surface area contributed by atoms with Crippen molar-refractivity contribution >= 4 is 23.9 Å². The Balaban J connectivity index is 3.87. The SMILES string of the molecule is CCC(C(=O)O)(C1CC(C)(C)NC(C)(C)C1)C(C(=O)O)(C(=O)O)C(=O)O. The van der Waals surface area contributed by atoms with E-state index in [1.54, 1.807) is 27.7 Å². The van der Waals surface area contributed by atoms with Gasteiger partial charge in [0, 0.05) is 11.1 Å². The van der Waals surface area contributed by atoms with Crippen molar-refractivity contribution in [3.8, 4) is 0 Å². The lowest BCUT2D eigenvalue weighted by atomic mass is 9.51. The van der Waals surface area contributed by atoms with Crippen molar-refractivity contribution in [3.63, 3.8) is 0 Å². The van der Waals surface area contributed by atoms with Gasteiger partial charge in [-0.2, -0.15) is 0 Å². The average molecular weight is 373 g/mol. The van der Waals surface area contributed by atoms with Gasteiger partial charge in [-0.15, -0.1) is 0 Å². The van der Waals surface area contributed by atoms with Crippen molar-refractivity contribution in [1.29, 1.82) is 0 Å². The smallest absolute Gasteiger partial charge is 0.333 e. The first kappa shape index (κ1) is 21.9. The third kappa shape index (κ3) is 3.04. The minimum Gasteiger partial charge on any atom is -0.481 e. The van der Waals surface area contributed by atoms with E-state index in [1.807, 2.05) is 0 Å². The Morgan fingerprint density at radius 2 is 1.19 bits per heavy atom. The van der Waals surface area contributed by atoms with Crippen LogP contribution < -0.4 is 5.32 Å². The van der Waals surface area contributed by atoms with Gasteiger partial charge in [-0.05, 0) is 52.9 Å². The van der Waals surface area contributed by atoms with Crippen LogP contribution in [0.2, 0.25) is 0 Å². The number of carboxylic acid groups (broad SMARTS) is 4. The second kappa shape index (κ2) is 6.53. The molecule has 0 aromatic heterocycles. The standard InChI is InChI=1S/C17H27NO8/c1-6-16(10(19)20,17(11(21)22,12(23)24)13(25)26)9-7-14(2,3)18-15(4,5)8-9/h9,18H,6-8H2,1-5H3,(H,19,20)(H,21,22)(H,23,24)(H,25,26). The third-order valence-corrected chi connectivity index (χ3v) is 5.46. The van der Waals surface area contributed by atoms with E-state index in [9.17, 15) is 39.6 Å². The molecule has 1 saturated heterocycles. The van der Waals surface area contributed by atoms with Crippen LogP contribution in [-0.2, 0) is 19.2 Å². The predicted molar refractivity (Wildman–Crippen MR) is 89.7 cm³/mol. The van der Waals surface area contributed by atoms with E-state index in [0.29, 0.717) is 0 Å². The van der Waals surface area contributed by atoms with Crippen LogP contribution in [0.1, 0.15) is 53.9 Å². The summed E-state index contributed by atoms with van der Waals surface area (Å²) in [5, 5.41) is 42.2. The minimum absolute atomic E-state index is 0.117. The quantitative estimate of drug-likeness (QED) is 0.414. The van der Waals surface area contributed by atoms with Crippen LogP contribution in [0, 0.1) is 16.7 Å². The first-order valence-corrected chi connectivity index (χ1v) is 8.33. The van der Waals surface area contributed by atoms with Crippen molar-refractivity contribution in [2.75, 3.05) is 0 Å². The summed E-state index contributed by atoms with van der Waals surface area (Å²) in [4.78, 5) is 48.1. The molecule has 5 N–H and O–H groups in total. The van der Waals surface area contributed by atoms with Crippen LogP contribution in [0.15, 0.2) is 0 Å². The van der Waals surface area contributed by atoms with E-state index < -0.39 is 58.1 Å². The zero-order valence-electron chi connectivity index (χ0n) is 15.6. The number of hydrogen-bond donors (Lipinski definition) is 5. The second-order valence-corrected chi connectivity index (χ2v) is 8.29. The molecule has 9 heteroatoms. The van der Waals surface area contributed by atoms with E-state index in [1.165, 1.54) is 6.92 Å². The Kier molecular flexibility index (Phi) is 5.50. The normalized spacial score (nSPS) is 22.2. The molecule has 1 aliphatic heterocycles. The summed E-state index contributed by atoms with van der Waals surface area (Å²) >= 11 is 0. The molecule has 1 heterocycles. The van der Waals surface area contributed by atoms with E-state index in [4.69, 9.17) is 0 Å². The van der Waals surface area contributed by atoms with E-state index in [0.717, 1.165) is 0 Å². The third-order valence-electron chi connectivity index (χ3n) is 5.46. The molecular weight excluding hydrogens is 346 g/mol. The van der Waals surface area contributed by atoms with Crippen LogP contribution in [0.3, 0.4) is 0 Å². The fourth-order valence-corrected chi connectivity index (χ4v) is 4.86. The molecule has 1 aliphatic rings. The number of carboxylic acids is 4. The Morgan fingerprint density at radius 1 is 0.846 bits per heavy atom. The van der Waals surface area contributed by atoms with Gasteiger partial charge in [0.05, 0.1) is 0 Å². The largest absolute Gasteiger partial charge is 0.481 e. The van der Waals surface area contributed by atoms with Crippen molar-refractivity contribution in [3.05, 3.63) is 0 Å². The number of hydrogen-bond acceptors (Lipinski definition) is 5. The minimum atomic E-state index is -3.50. The number of aliphatic carboxylic acids is 4. The van der Waals surface area contributed by atoms with Crippen LogP contribution in [0.4, 0.5) is 0 Å². The predicted octanol–water partition coefficient (Wildman–Crippen LogP) is 1.26. The highest BCUT2D eigenvalue weighted by atomic mass is 16.4. The van der Waals surface area contributed by atoms with Crippen molar-refractivity contribution in [1.82, 2.24) is 5.32 Å². The number of nitrogens with one attached hydrogen (secondary N) is 1. The van der Waals surface area contributed by atoms with Crippen LogP contribution in [0.25, 0.3) is 0 Å². The van der Waals surface area contributed by atoms with Crippen molar-refractivity contribution in [2.24, 2.45) is 16.7 Å². The molecule has 9 nitrogen and oxygen atoms in total. The van der Waals surface area contributed by atoms with Crippen molar-refractivity contribution < 1.29 is 39.6 Å².